The summed E-state index contributed by atoms with van der Waals surface area (Å²) in [6, 6.07) is 0. The number of carbonyl (C=O) groups excluding carboxylic acids is 1. The average molecular weight is 312 g/mol. The number of halogens is 2. The van der Waals surface area contributed by atoms with Gasteiger partial charge in [-0.05, 0) is 0 Å². The SMILES string of the molecule is O=[C-]C1C=CC=C1.[Br][Co+][Br]. The third-order valence-electron chi connectivity index (χ3n) is 0.884. The third kappa shape index (κ3) is 5.41. The van der Waals surface area contributed by atoms with E-state index in [4.69, 9.17) is 0 Å². The monoisotopic (exact) mass is 310 g/mol. The number of rotatable bonds is 1. The van der Waals surface area contributed by atoms with Gasteiger partial charge in [-0.1, -0.05) is 12.2 Å². The molecule has 0 bridgehead atoms. The van der Waals surface area contributed by atoms with Crippen molar-refractivity contribution in [2.75, 3.05) is 0 Å². The summed E-state index contributed by atoms with van der Waals surface area (Å²) in [6.07, 6.45) is 9.12. The Bertz CT molecular complexity index is 133. The Morgan fingerprint density at radius 3 is 1.90 bits per heavy atom. The molecule has 0 aliphatic heterocycles. The van der Waals surface area contributed by atoms with E-state index in [0.717, 1.165) is 11.1 Å². The Labute approximate surface area is 80.4 Å². The second kappa shape index (κ2) is 7.72. The van der Waals surface area contributed by atoms with Crippen LogP contribution in [0.1, 0.15) is 0 Å². The first kappa shape index (κ1) is 10.6. The van der Waals surface area contributed by atoms with Gasteiger partial charge < -0.3 is 4.79 Å². The molecular formula is C6H5Br2CoO. The van der Waals surface area contributed by atoms with E-state index < -0.39 is 0 Å². The van der Waals surface area contributed by atoms with Crippen LogP contribution in [0.3, 0.4) is 0 Å². The minimum atomic E-state index is -0.0694. The summed E-state index contributed by atoms with van der Waals surface area (Å²) >= 11 is 7.12. The zero-order valence-corrected chi connectivity index (χ0v) is 9.10. The van der Waals surface area contributed by atoms with Crippen LogP contribution in [0.15, 0.2) is 24.3 Å². The molecule has 1 rings (SSSR count). The summed E-state index contributed by atoms with van der Waals surface area (Å²) in [6.45, 7) is 0. The van der Waals surface area contributed by atoms with E-state index in [0.29, 0.717) is 0 Å². The zero-order valence-electron chi connectivity index (χ0n) is 4.88. The molecule has 1 aliphatic rings. The topological polar surface area (TPSA) is 17.1 Å². The Morgan fingerprint density at radius 1 is 1.30 bits per heavy atom. The van der Waals surface area contributed by atoms with Gasteiger partial charge in [0, 0.05) is 0 Å². The second-order valence-electron chi connectivity index (χ2n) is 1.46. The van der Waals surface area contributed by atoms with E-state index in [1.165, 1.54) is 0 Å². The molecule has 4 heteroatoms. The normalized spacial score (nSPS) is 15.0. The fraction of sp³-hybridized carbons (Fsp3) is 0.167. The van der Waals surface area contributed by atoms with Gasteiger partial charge in [0.25, 0.3) is 0 Å². The van der Waals surface area contributed by atoms with Crippen molar-refractivity contribution < 1.29 is 15.9 Å². The van der Waals surface area contributed by atoms with Crippen LogP contribution < -0.4 is 0 Å². The maximum atomic E-state index is 9.78. The van der Waals surface area contributed by atoms with Crippen molar-refractivity contribution in [1.29, 1.82) is 0 Å². The molecule has 1 aliphatic carbocycles. The van der Waals surface area contributed by atoms with Gasteiger partial charge in [0.1, 0.15) is 0 Å². The predicted octanol–water partition coefficient (Wildman–Crippen LogP) is 2.53. The van der Waals surface area contributed by atoms with E-state index in [9.17, 15) is 4.79 Å². The van der Waals surface area contributed by atoms with E-state index in [1.807, 2.05) is 18.4 Å². The molecule has 0 saturated heterocycles. The molecule has 0 aromatic carbocycles. The third-order valence-corrected chi connectivity index (χ3v) is 0.884. The van der Waals surface area contributed by atoms with Crippen molar-refractivity contribution in [3.8, 4) is 0 Å². The van der Waals surface area contributed by atoms with Gasteiger partial charge in [-0.15, -0.1) is 18.1 Å². The van der Waals surface area contributed by atoms with Crippen LogP contribution in [0.25, 0.3) is 0 Å². The predicted molar refractivity (Wildman–Crippen MR) is 45.3 cm³/mol. The van der Waals surface area contributed by atoms with Gasteiger partial charge in [-0.3, -0.25) is 6.29 Å². The maximum absolute atomic E-state index is 9.78. The van der Waals surface area contributed by atoms with E-state index in [1.54, 1.807) is 12.2 Å². The van der Waals surface area contributed by atoms with Crippen LogP contribution in [0.5, 0.6) is 0 Å². The summed E-state index contributed by atoms with van der Waals surface area (Å²) in [5.41, 5.74) is 0. The molecule has 1 nitrogen and oxygen atoms in total. The second-order valence-corrected chi connectivity index (χ2v) is 6.71. The van der Waals surface area contributed by atoms with Gasteiger partial charge in [-0.25, -0.2) is 0 Å². The summed E-state index contributed by atoms with van der Waals surface area (Å²) in [4.78, 5) is 9.78. The van der Waals surface area contributed by atoms with Gasteiger partial charge in [0.05, 0.1) is 0 Å². The van der Waals surface area contributed by atoms with Gasteiger partial charge in [-0.2, -0.15) is 0 Å². The van der Waals surface area contributed by atoms with Crippen molar-refractivity contribution in [2.24, 2.45) is 5.92 Å². The number of allylic oxidation sites excluding steroid dienone is 4. The zero-order chi connectivity index (χ0) is 7.82. The van der Waals surface area contributed by atoms with Crippen LogP contribution in [0, 0.1) is 5.92 Å². The number of hydrogen-bond donors (Lipinski definition) is 0. The van der Waals surface area contributed by atoms with E-state index in [2.05, 4.69) is 28.3 Å². The first-order valence-corrected chi connectivity index (χ1v) is 7.56. The summed E-state index contributed by atoms with van der Waals surface area (Å²) in [5, 5.41) is 0. The molecule has 0 amide bonds. The van der Waals surface area contributed by atoms with Crippen LogP contribution in [-0.2, 0) is 15.9 Å². The molecule has 0 heterocycles. The van der Waals surface area contributed by atoms with Gasteiger partial charge in [0.15, 0.2) is 0 Å². The Morgan fingerprint density at radius 2 is 1.70 bits per heavy atom. The molecule has 0 fully saturated rings. The first-order valence-electron chi connectivity index (χ1n) is 2.41. The summed E-state index contributed by atoms with van der Waals surface area (Å²) in [5.74, 6) is -0.0694. The van der Waals surface area contributed by atoms with Crippen LogP contribution >= 0.6 is 28.3 Å². The van der Waals surface area contributed by atoms with Crippen molar-refractivity contribution in [3.63, 3.8) is 0 Å². The quantitative estimate of drug-likeness (QED) is 0.680. The van der Waals surface area contributed by atoms with Crippen LogP contribution in [-0.4, -0.2) is 6.29 Å². The Kier molecular flexibility index (Phi) is 8.20. The molecule has 0 N–H and O–H groups in total. The summed E-state index contributed by atoms with van der Waals surface area (Å²) < 4.78 is 0. The van der Waals surface area contributed by atoms with Crippen molar-refractivity contribution in [2.45, 2.75) is 0 Å². The molecule has 0 aromatic rings. The van der Waals surface area contributed by atoms with Crippen molar-refractivity contribution >= 4 is 34.6 Å². The molecule has 0 spiro atoms. The molecular weight excluding hydrogens is 307 g/mol. The number of hydrogen-bond acceptors (Lipinski definition) is 1. The van der Waals surface area contributed by atoms with Crippen molar-refractivity contribution in [1.82, 2.24) is 0 Å². The molecule has 0 aromatic heterocycles. The first-order chi connectivity index (χ1) is 4.85. The van der Waals surface area contributed by atoms with Crippen LogP contribution in [0.2, 0.25) is 0 Å². The molecule has 0 saturated carbocycles. The molecule has 0 atom stereocenters. The van der Waals surface area contributed by atoms with Crippen LogP contribution in [0.4, 0.5) is 0 Å². The molecule has 0 unspecified atom stereocenters. The molecule has 10 heavy (non-hydrogen) atoms. The Balaban J connectivity index is 0.000000236. The fourth-order valence-electron chi connectivity index (χ4n) is 0.510. The van der Waals surface area contributed by atoms with E-state index in [-0.39, 0.29) is 5.92 Å². The van der Waals surface area contributed by atoms with Gasteiger partial charge in [0.2, 0.25) is 0 Å². The summed E-state index contributed by atoms with van der Waals surface area (Å²) in [7, 11) is 0. The average Bonchev–Trinajstić information content (AvgIpc) is 2.39. The standard InChI is InChI=1S/C6H5O.2BrH.Co/c7-5-6-3-1-2-4-6;;;/h1-4,6H;2*1H;/q-1;;;+3/p-2. The molecule has 0 radical (unpaired) electrons. The van der Waals surface area contributed by atoms with Gasteiger partial charge >= 0.3 is 39.5 Å². The molecule has 58 valence electrons. The van der Waals surface area contributed by atoms with E-state index >= 15 is 0 Å². The minimum absolute atomic E-state index is 0.0694. The fourth-order valence-corrected chi connectivity index (χ4v) is 0.510. The Hall–Kier alpha value is 0.616. The van der Waals surface area contributed by atoms with Crippen molar-refractivity contribution in [3.05, 3.63) is 24.3 Å².